The van der Waals surface area contributed by atoms with E-state index in [0.29, 0.717) is 11.5 Å². The summed E-state index contributed by atoms with van der Waals surface area (Å²) in [5.74, 6) is 0. The van der Waals surface area contributed by atoms with E-state index in [0.717, 1.165) is 11.9 Å². The van der Waals surface area contributed by atoms with Gasteiger partial charge >= 0.3 is 0 Å². The van der Waals surface area contributed by atoms with E-state index in [4.69, 9.17) is 0 Å². The minimum Gasteiger partial charge on any atom is -0.302 e. The van der Waals surface area contributed by atoms with Gasteiger partial charge in [-0.15, -0.1) is 0 Å². The quantitative estimate of drug-likeness (QED) is 0.663. The Balaban J connectivity index is 3.91. The fraction of sp³-hybridized carbons (Fsp3) is 1.00. The summed E-state index contributed by atoms with van der Waals surface area (Å²) in [5, 5.41) is 1.06. The van der Waals surface area contributed by atoms with Crippen LogP contribution in [-0.2, 0) is 0 Å². The Bertz CT molecular complexity index is 107. The Kier molecular flexibility index (Phi) is 4.64. The van der Waals surface area contributed by atoms with Gasteiger partial charge in [0.2, 0.25) is 0 Å². The summed E-state index contributed by atoms with van der Waals surface area (Å²) < 4.78 is 0. The van der Waals surface area contributed by atoms with Crippen LogP contribution in [0, 0.1) is 5.41 Å². The van der Waals surface area contributed by atoms with Gasteiger partial charge in [0.15, 0.2) is 0 Å². The van der Waals surface area contributed by atoms with E-state index < -0.39 is 0 Å². The van der Waals surface area contributed by atoms with Gasteiger partial charge in [-0.1, -0.05) is 36.7 Å². The molecule has 0 aliphatic rings. The molecule has 0 aliphatic heterocycles. The van der Waals surface area contributed by atoms with Crippen molar-refractivity contribution in [3.8, 4) is 0 Å². The summed E-state index contributed by atoms with van der Waals surface area (Å²) in [6, 6.07) is 0.639. The Labute approximate surface area is 79.3 Å². The normalized spacial score (nSPS) is 15.5. The summed E-state index contributed by atoms with van der Waals surface area (Å²) in [6.07, 6.45) is 0. The smallest absolute Gasteiger partial charge is 0.0159 e. The molecule has 0 rings (SSSR count). The summed E-state index contributed by atoms with van der Waals surface area (Å²) >= 11 is 3.44. The Morgan fingerprint density at radius 2 is 1.82 bits per heavy atom. The Hall–Kier alpha value is 0.440. The summed E-state index contributed by atoms with van der Waals surface area (Å²) in [4.78, 5) is 2.38. The molecule has 11 heavy (non-hydrogen) atoms. The van der Waals surface area contributed by atoms with Crippen LogP contribution >= 0.6 is 15.9 Å². The van der Waals surface area contributed by atoms with Crippen molar-refractivity contribution in [2.75, 3.05) is 18.9 Å². The molecule has 0 amide bonds. The van der Waals surface area contributed by atoms with Crippen molar-refractivity contribution in [1.82, 2.24) is 4.90 Å². The zero-order valence-corrected chi connectivity index (χ0v) is 9.90. The lowest BCUT2D eigenvalue weighted by atomic mass is 9.87. The van der Waals surface area contributed by atoms with Crippen molar-refractivity contribution in [1.29, 1.82) is 0 Å². The van der Waals surface area contributed by atoms with Crippen LogP contribution in [0.25, 0.3) is 0 Å². The molecule has 0 bridgehead atoms. The molecule has 68 valence electrons. The van der Waals surface area contributed by atoms with E-state index >= 15 is 0 Å². The van der Waals surface area contributed by atoms with Crippen LogP contribution < -0.4 is 0 Å². The van der Waals surface area contributed by atoms with Crippen molar-refractivity contribution in [2.24, 2.45) is 5.41 Å². The van der Waals surface area contributed by atoms with Crippen LogP contribution in [0.15, 0.2) is 0 Å². The fourth-order valence-electron chi connectivity index (χ4n) is 0.988. The molecule has 0 saturated heterocycles. The Morgan fingerprint density at radius 1 is 1.36 bits per heavy atom. The minimum absolute atomic E-state index is 0.386. The first kappa shape index (κ1) is 11.4. The SMILES string of the molecule is CC(N(C)CCBr)C(C)(C)C. The van der Waals surface area contributed by atoms with Crippen molar-refractivity contribution < 1.29 is 0 Å². The lowest BCUT2D eigenvalue weighted by molar-refractivity contribution is 0.149. The summed E-state index contributed by atoms with van der Waals surface area (Å²) in [6.45, 7) is 10.2. The molecule has 0 aliphatic carbocycles. The molecule has 0 spiro atoms. The minimum atomic E-state index is 0.386. The zero-order chi connectivity index (χ0) is 9.07. The first-order valence-corrected chi connectivity index (χ1v) is 5.28. The monoisotopic (exact) mass is 221 g/mol. The molecule has 0 N–H and O–H groups in total. The van der Waals surface area contributed by atoms with Gasteiger partial charge in [-0.05, 0) is 19.4 Å². The lowest BCUT2D eigenvalue weighted by Crippen LogP contribution is -2.40. The van der Waals surface area contributed by atoms with Crippen LogP contribution in [0.1, 0.15) is 27.7 Å². The first-order valence-electron chi connectivity index (χ1n) is 4.15. The number of hydrogen-bond acceptors (Lipinski definition) is 1. The molecule has 1 atom stereocenters. The second-order valence-electron chi connectivity index (χ2n) is 4.21. The standard InChI is InChI=1S/C9H20BrN/c1-8(9(2,3)4)11(5)7-6-10/h8H,6-7H2,1-5H3. The maximum atomic E-state index is 3.44. The number of alkyl halides is 1. The van der Waals surface area contributed by atoms with Crippen LogP contribution in [-0.4, -0.2) is 29.9 Å². The predicted octanol–water partition coefficient (Wildman–Crippen LogP) is 2.75. The highest BCUT2D eigenvalue weighted by atomic mass is 79.9. The maximum absolute atomic E-state index is 3.44. The van der Waals surface area contributed by atoms with E-state index in [1.807, 2.05) is 0 Å². The van der Waals surface area contributed by atoms with Crippen LogP contribution in [0.3, 0.4) is 0 Å². The molecule has 0 radical (unpaired) electrons. The van der Waals surface area contributed by atoms with Gasteiger partial charge in [-0.25, -0.2) is 0 Å². The largest absolute Gasteiger partial charge is 0.302 e. The Morgan fingerprint density at radius 3 is 2.09 bits per heavy atom. The zero-order valence-electron chi connectivity index (χ0n) is 8.32. The first-order chi connectivity index (χ1) is 4.89. The van der Waals surface area contributed by atoms with Crippen molar-refractivity contribution in [3.63, 3.8) is 0 Å². The second-order valence-corrected chi connectivity index (χ2v) is 5.00. The van der Waals surface area contributed by atoms with Crippen LogP contribution in [0.5, 0.6) is 0 Å². The molecule has 2 heteroatoms. The van der Waals surface area contributed by atoms with E-state index in [2.05, 4.69) is 55.6 Å². The van der Waals surface area contributed by atoms with E-state index in [1.165, 1.54) is 0 Å². The molecule has 0 saturated carbocycles. The van der Waals surface area contributed by atoms with Crippen molar-refractivity contribution in [2.45, 2.75) is 33.7 Å². The van der Waals surface area contributed by atoms with Gasteiger partial charge in [0.1, 0.15) is 0 Å². The molecule has 0 aromatic rings. The highest BCUT2D eigenvalue weighted by Crippen LogP contribution is 2.22. The van der Waals surface area contributed by atoms with Crippen molar-refractivity contribution in [3.05, 3.63) is 0 Å². The molecule has 0 aromatic carbocycles. The topological polar surface area (TPSA) is 3.24 Å². The summed E-state index contributed by atoms with van der Waals surface area (Å²) in [7, 11) is 2.18. The van der Waals surface area contributed by atoms with Gasteiger partial charge in [-0.3, -0.25) is 0 Å². The van der Waals surface area contributed by atoms with E-state index in [1.54, 1.807) is 0 Å². The average Bonchev–Trinajstić information content (AvgIpc) is 1.85. The third kappa shape index (κ3) is 4.12. The van der Waals surface area contributed by atoms with Gasteiger partial charge in [0.05, 0.1) is 0 Å². The molecule has 0 aromatic heterocycles. The molecule has 1 nitrogen and oxygen atoms in total. The van der Waals surface area contributed by atoms with E-state index in [-0.39, 0.29) is 0 Å². The van der Waals surface area contributed by atoms with Gasteiger partial charge in [0.25, 0.3) is 0 Å². The average molecular weight is 222 g/mol. The number of nitrogens with zero attached hydrogens (tertiary/aromatic N) is 1. The van der Waals surface area contributed by atoms with Gasteiger partial charge < -0.3 is 4.90 Å². The van der Waals surface area contributed by atoms with Crippen LogP contribution in [0.2, 0.25) is 0 Å². The third-order valence-corrected chi connectivity index (χ3v) is 2.71. The highest BCUT2D eigenvalue weighted by Gasteiger charge is 2.22. The summed E-state index contributed by atoms with van der Waals surface area (Å²) in [5.41, 5.74) is 0.386. The second kappa shape index (κ2) is 4.46. The fourth-order valence-corrected chi connectivity index (χ4v) is 1.55. The molecular weight excluding hydrogens is 202 g/mol. The number of rotatable bonds is 3. The predicted molar refractivity (Wildman–Crippen MR) is 55.3 cm³/mol. The number of halogens is 1. The lowest BCUT2D eigenvalue weighted by Gasteiger charge is -2.35. The third-order valence-electron chi connectivity index (χ3n) is 2.35. The molecule has 0 heterocycles. The number of hydrogen-bond donors (Lipinski definition) is 0. The van der Waals surface area contributed by atoms with Gasteiger partial charge in [0, 0.05) is 17.9 Å². The van der Waals surface area contributed by atoms with Crippen LogP contribution in [0.4, 0.5) is 0 Å². The highest BCUT2D eigenvalue weighted by molar-refractivity contribution is 9.09. The molecular formula is C9H20BrN. The molecule has 0 fully saturated rings. The van der Waals surface area contributed by atoms with E-state index in [9.17, 15) is 0 Å². The molecule has 1 unspecified atom stereocenters. The van der Waals surface area contributed by atoms with Gasteiger partial charge in [-0.2, -0.15) is 0 Å². The van der Waals surface area contributed by atoms with Crippen molar-refractivity contribution >= 4 is 15.9 Å². The maximum Gasteiger partial charge on any atom is 0.0159 e.